The third kappa shape index (κ3) is 2.68. The minimum Gasteiger partial charge on any atom is -0.491 e. The molecule has 0 aromatic heterocycles. The third-order valence-corrected chi connectivity index (χ3v) is 3.75. The molecule has 0 saturated carbocycles. The lowest BCUT2D eigenvalue weighted by molar-refractivity contribution is -0.385. The molecule has 1 heterocycles. The highest BCUT2D eigenvalue weighted by atomic mass is 16.6. The summed E-state index contributed by atoms with van der Waals surface area (Å²) in [5.41, 5.74) is 7.28. The summed E-state index contributed by atoms with van der Waals surface area (Å²) in [5.74, 6) is 0.120. The number of nitro groups is 1. The number of hydrogen-bond acceptors (Lipinski definition) is 5. The van der Waals surface area contributed by atoms with E-state index < -0.39 is 10.8 Å². The maximum Gasteiger partial charge on any atom is 0.284 e. The van der Waals surface area contributed by atoms with Gasteiger partial charge in [-0.05, 0) is 19.1 Å². The van der Waals surface area contributed by atoms with Crippen molar-refractivity contribution < 1.29 is 14.5 Å². The Morgan fingerprint density at radius 2 is 2.17 bits per heavy atom. The number of benzene rings is 2. The van der Waals surface area contributed by atoms with Crippen LogP contribution in [0.4, 0.5) is 11.4 Å². The van der Waals surface area contributed by atoms with E-state index in [0.29, 0.717) is 5.75 Å². The van der Waals surface area contributed by atoms with Crippen molar-refractivity contribution in [1.82, 2.24) is 5.32 Å². The van der Waals surface area contributed by atoms with Crippen LogP contribution in [0.25, 0.3) is 0 Å². The standard InChI is InChI=1S/C16H15N3O4/c1-9-5-6-14-10(7-9)12(8-23-14)18-16(20)15-11(17)3-2-4-13(15)19(21)22/h2-7,12H,8,17H2,1H3,(H,18,20)/t12-/m1/s1. The second-order valence-corrected chi connectivity index (χ2v) is 5.38. The number of anilines is 1. The molecule has 1 aliphatic heterocycles. The van der Waals surface area contributed by atoms with Gasteiger partial charge in [0.1, 0.15) is 17.9 Å². The van der Waals surface area contributed by atoms with E-state index in [1.807, 2.05) is 25.1 Å². The summed E-state index contributed by atoms with van der Waals surface area (Å²) >= 11 is 0. The van der Waals surface area contributed by atoms with Crippen LogP contribution < -0.4 is 15.8 Å². The molecule has 3 N–H and O–H groups in total. The Kier molecular flexibility index (Phi) is 3.61. The van der Waals surface area contributed by atoms with Gasteiger partial charge in [0.15, 0.2) is 0 Å². The van der Waals surface area contributed by atoms with Crippen molar-refractivity contribution in [2.24, 2.45) is 0 Å². The molecule has 0 aliphatic carbocycles. The van der Waals surface area contributed by atoms with E-state index in [4.69, 9.17) is 10.5 Å². The number of carbonyl (C=O) groups is 1. The number of aryl methyl sites for hydroxylation is 1. The Balaban J connectivity index is 1.90. The van der Waals surface area contributed by atoms with Gasteiger partial charge in [-0.1, -0.05) is 23.8 Å². The molecule has 7 nitrogen and oxygen atoms in total. The molecule has 1 aliphatic rings. The molecule has 2 aromatic rings. The van der Waals surface area contributed by atoms with Crippen LogP contribution in [0.1, 0.15) is 27.5 Å². The molecular formula is C16H15N3O4. The molecule has 1 amide bonds. The van der Waals surface area contributed by atoms with Crippen LogP contribution in [0.3, 0.4) is 0 Å². The molecular weight excluding hydrogens is 298 g/mol. The van der Waals surface area contributed by atoms with Gasteiger partial charge in [0.2, 0.25) is 0 Å². The van der Waals surface area contributed by atoms with Gasteiger partial charge < -0.3 is 15.8 Å². The maximum absolute atomic E-state index is 12.5. The van der Waals surface area contributed by atoms with Crippen LogP contribution in [-0.2, 0) is 0 Å². The molecule has 0 radical (unpaired) electrons. The fraction of sp³-hybridized carbons (Fsp3) is 0.188. The molecule has 2 aromatic carbocycles. The Hall–Kier alpha value is -3.09. The molecule has 23 heavy (non-hydrogen) atoms. The second kappa shape index (κ2) is 5.60. The number of nitrogens with one attached hydrogen (secondary N) is 1. The SMILES string of the molecule is Cc1ccc2c(c1)[C@H](NC(=O)c1c(N)cccc1[N+](=O)[O-])CO2. The summed E-state index contributed by atoms with van der Waals surface area (Å²) in [6, 6.07) is 9.49. The zero-order valence-corrected chi connectivity index (χ0v) is 12.4. The van der Waals surface area contributed by atoms with Crippen LogP contribution in [0, 0.1) is 17.0 Å². The molecule has 0 fully saturated rings. The van der Waals surface area contributed by atoms with Crippen LogP contribution in [-0.4, -0.2) is 17.4 Å². The number of carbonyl (C=O) groups excluding carboxylic acids is 1. The summed E-state index contributed by atoms with van der Waals surface area (Å²) in [4.78, 5) is 23.0. The Morgan fingerprint density at radius 1 is 1.39 bits per heavy atom. The van der Waals surface area contributed by atoms with Gasteiger partial charge in [0.25, 0.3) is 11.6 Å². The van der Waals surface area contributed by atoms with E-state index in [1.165, 1.54) is 18.2 Å². The third-order valence-electron chi connectivity index (χ3n) is 3.75. The zero-order chi connectivity index (χ0) is 16.6. The molecule has 0 spiro atoms. The zero-order valence-electron chi connectivity index (χ0n) is 12.4. The quantitative estimate of drug-likeness (QED) is 0.514. The highest BCUT2D eigenvalue weighted by molar-refractivity contribution is 6.03. The number of hydrogen-bond donors (Lipinski definition) is 2. The van der Waals surface area contributed by atoms with Crippen molar-refractivity contribution in [3.05, 3.63) is 63.2 Å². The van der Waals surface area contributed by atoms with Crippen molar-refractivity contribution in [2.45, 2.75) is 13.0 Å². The topological polar surface area (TPSA) is 107 Å². The molecule has 0 saturated heterocycles. The molecule has 3 rings (SSSR count). The minimum atomic E-state index is -0.617. The number of fused-ring (bicyclic) bond motifs is 1. The smallest absolute Gasteiger partial charge is 0.284 e. The van der Waals surface area contributed by atoms with Crippen LogP contribution in [0.15, 0.2) is 36.4 Å². The molecule has 0 bridgehead atoms. The van der Waals surface area contributed by atoms with Gasteiger partial charge in [-0.15, -0.1) is 0 Å². The van der Waals surface area contributed by atoms with Gasteiger partial charge in [0, 0.05) is 11.6 Å². The highest BCUT2D eigenvalue weighted by Gasteiger charge is 2.29. The first-order valence-electron chi connectivity index (χ1n) is 7.04. The van der Waals surface area contributed by atoms with E-state index in [1.54, 1.807) is 0 Å². The summed E-state index contributed by atoms with van der Waals surface area (Å²) in [6.07, 6.45) is 0. The van der Waals surface area contributed by atoms with Gasteiger partial charge in [-0.25, -0.2) is 0 Å². The predicted octanol–water partition coefficient (Wildman–Crippen LogP) is 2.35. The lowest BCUT2D eigenvalue weighted by Gasteiger charge is -2.13. The van der Waals surface area contributed by atoms with Gasteiger partial charge in [0.05, 0.1) is 16.7 Å². The van der Waals surface area contributed by atoms with Crippen molar-refractivity contribution in [3.63, 3.8) is 0 Å². The van der Waals surface area contributed by atoms with Crippen molar-refractivity contribution in [2.75, 3.05) is 12.3 Å². The van der Waals surface area contributed by atoms with Crippen molar-refractivity contribution >= 4 is 17.3 Å². The predicted molar refractivity (Wildman–Crippen MR) is 84.4 cm³/mol. The normalized spacial score (nSPS) is 15.6. The van der Waals surface area contributed by atoms with Crippen LogP contribution in [0.5, 0.6) is 5.75 Å². The van der Waals surface area contributed by atoms with Gasteiger partial charge in [-0.3, -0.25) is 14.9 Å². The number of nitro benzene ring substituents is 1. The van der Waals surface area contributed by atoms with E-state index in [0.717, 1.165) is 11.1 Å². The number of nitrogens with two attached hydrogens (primary N) is 1. The van der Waals surface area contributed by atoms with E-state index in [9.17, 15) is 14.9 Å². The number of amides is 1. The van der Waals surface area contributed by atoms with E-state index in [2.05, 4.69) is 5.32 Å². The van der Waals surface area contributed by atoms with Crippen LogP contribution in [0.2, 0.25) is 0 Å². The van der Waals surface area contributed by atoms with E-state index >= 15 is 0 Å². The largest absolute Gasteiger partial charge is 0.491 e. The summed E-state index contributed by atoms with van der Waals surface area (Å²) in [7, 11) is 0. The summed E-state index contributed by atoms with van der Waals surface area (Å²) < 4.78 is 5.53. The van der Waals surface area contributed by atoms with E-state index in [-0.39, 0.29) is 29.6 Å². The lowest BCUT2D eigenvalue weighted by atomic mass is 10.0. The fourth-order valence-corrected chi connectivity index (χ4v) is 2.64. The number of ether oxygens (including phenoxy) is 1. The average Bonchev–Trinajstić information content (AvgIpc) is 2.89. The Labute approximate surface area is 132 Å². The van der Waals surface area contributed by atoms with Crippen molar-refractivity contribution in [1.29, 1.82) is 0 Å². The summed E-state index contributed by atoms with van der Waals surface area (Å²) in [6.45, 7) is 2.22. The molecule has 0 unspecified atom stereocenters. The first-order chi connectivity index (χ1) is 11.0. The summed E-state index contributed by atoms with van der Waals surface area (Å²) in [5, 5.41) is 13.9. The van der Waals surface area contributed by atoms with Crippen LogP contribution >= 0.6 is 0 Å². The molecule has 118 valence electrons. The Bertz CT molecular complexity index is 804. The van der Waals surface area contributed by atoms with Gasteiger partial charge >= 0.3 is 0 Å². The Morgan fingerprint density at radius 3 is 2.91 bits per heavy atom. The lowest BCUT2D eigenvalue weighted by Crippen LogP contribution is -2.30. The molecule has 1 atom stereocenters. The maximum atomic E-state index is 12.5. The second-order valence-electron chi connectivity index (χ2n) is 5.38. The highest BCUT2D eigenvalue weighted by Crippen LogP contribution is 2.33. The number of nitrogen functional groups attached to an aromatic ring is 1. The first kappa shape index (κ1) is 14.8. The van der Waals surface area contributed by atoms with Gasteiger partial charge in [-0.2, -0.15) is 0 Å². The minimum absolute atomic E-state index is 0.0695. The fourth-order valence-electron chi connectivity index (χ4n) is 2.64. The molecule has 7 heteroatoms. The monoisotopic (exact) mass is 313 g/mol. The number of nitrogens with zero attached hydrogens (tertiary/aromatic N) is 1. The average molecular weight is 313 g/mol. The first-order valence-corrected chi connectivity index (χ1v) is 7.04. The van der Waals surface area contributed by atoms with Crippen molar-refractivity contribution in [3.8, 4) is 5.75 Å². The number of rotatable bonds is 3.